The maximum Gasteiger partial charge on any atom is 0.274 e. The van der Waals surface area contributed by atoms with Crippen molar-refractivity contribution < 1.29 is 14.3 Å². The second kappa shape index (κ2) is 9.02. The Morgan fingerprint density at radius 1 is 1.07 bits per heavy atom. The second-order valence-electron chi connectivity index (χ2n) is 5.95. The Hall–Kier alpha value is -3.09. The molecule has 2 rings (SSSR count). The van der Waals surface area contributed by atoms with Gasteiger partial charge in [-0.25, -0.2) is 0 Å². The number of rotatable bonds is 7. The molecular formula is C20H25N3O4. The molecule has 0 unspecified atom stereocenters. The molecule has 0 bridgehead atoms. The molecule has 1 heterocycles. The number of aryl methyl sites for hydroxylation is 1. The Morgan fingerprint density at radius 3 is 2.26 bits per heavy atom. The molecule has 0 aliphatic heterocycles. The van der Waals surface area contributed by atoms with Gasteiger partial charge in [0.05, 0.1) is 12.2 Å². The Balaban J connectivity index is 2.28. The topological polar surface area (TPSA) is 80.6 Å². The van der Waals surface area contributed by atoms with E-state index in [9.17, 15) is 14.4 Å². The van der Waals surface area contributed by atoms with Crippen LogP contribution in [0.2, 0.25) is 0 Å². The molecule has 1 aromatic heterocycles. The number of carbonyl (C=O) groups excluding carboxylic acids is 2. The van der Waals surface area contributed by atoms with Gasteiger partial charge in [-0.05, 0) is 51.1 Å². The highest BCUT2D eigenvalue weighted by molar-refractivity contribution is 6.05. The number of carbonyl (C=O) groups is 2. The Kier molecular flexibility index (Phi) is 6.76. The summed E-state index contributed by atoms with van der Waals surface area (Å²) >= 11 is 0. The molecule has 0 saturated carbocycles. The molecule has 0 spiro atoms. The number of ether oxygens (including phenoxy) is 1. The third-order valence-corrected chi connectivity index (χ3v) is 4.16. The number of hydrogen-bond acceptors (Lipinski definition) is 4. The summed E-state index contributed by atoms with van der Waals surface area (Å²) in [5.41, 5.74) is 0.420. The lowest BCUT2D eigenvalue weighted by Crippen LogP contribution is -2.32. The van der Waals surface area contributed by atoms with Gasteiger partial charge in [0.15, 0.2) is 0 Å². The lowest BCUT2D eigenvalue weighted by atomic mass is 10.2. The van der Waals surface area contributed by atoms with Crippen LogP contribution in [0.1, 0.15) is 41.5 Å². The van der Waals surface area contributed by atoms with Crippen molar-refractivity contribution in [1.82, 2.24) is 9.47 Å². The van der Waals surface area contributed by atoms with E-state index in [2.05, 4.69) is 5.32 Å². The largest absolute Gasteiger partial charge is 0.494 e. The van der Waals surface area contributed by atoms with Gasteiger partial charge in [0.2, 0.25) is 0 Å². The van der Waals surface area contributed by atoms with Gasteiger partial charge >= 0.3 is 0 Å². The third-order valence-electron chi connectivity index (χ3n) is 4.16. The molecule has 2 aromatic rings. The van der Waals surface area contributed by atoms with Crippen LogP contribution in [0.25, 0.3) is 0 Å². The number of benzene rings is 1. The van der Waals surface area contributed by atoms with E-state index in [0.29, 0.717) is 36.6 Å². The molecule has 0 radical (unpaired) electrons. The average Bonchev–Trinajstić information content (AvgIpc) is 2.66. The maximum atomic E-state index is 12.6. The highest BCUT2D eigenvalue weighted by atomic mass is 16.5. The van der Waals surface area contributed by atoms with Gasteiger partial charge in [-0.3, -0.25) is 14.4 Å². The third kappa shape index (κ3) is 4.75. The summed E-state index contributed by atoms with van der Waals surface area (Å²) < 4.78 is 6.65. The smallest absolute Gasteiger partial charge is 0.274 e. The van der Waals surface area contributed by atoms with Crippen LogP contribution in [0.5, 0.6) is 5.75 Å². The van der Waals surface area contributed by atoms with E-state index < -0.39 is 5.91 Å². The van der Waals surface area contributed by atoms with E-state index in [-0.39, 0.29) is 17.2 Å². The predicted octanol–water partition coefficient (Wildman–Crippen LogP) is 2.52. The fourth-order valence-electron chi connectivity index (χ4n) is 2.68. The van der Waals surface area contributed by atoms with Crippen LogP contribution in [0.3, 0.4) is 0 Å². The van der Waals surface area contributed by atoms with Crippen LogP contribution in [0.15, 0.2) is 41.3 Å². The number of nitrogens with zero attached hydrogens (tertiary/aromatic N) is 2. The van der Waals surface area contributed by atoms with Crippen molar-refractivity contribution in [3.05, 3.63) is 58.0 Å². The summed E-state index contributed by atoms with van der Waals surface area (Å²) in [5.74, 6) is 0.0477. The van der Waals surface area contributed by atoms with Gasteiger partial charge < -0.3 is 19.5 Å². The molecule has 2 amide bonds. The van der Waals surface area contributed by atoms with Crippen LogP contribution in [-0.4, -0.2) is 41.0 Å². The molecule has 1 aromatic carbocycles. The molecule has 0 atom stereocenters. The number of pyridine rings is 1. The number of anilines is 1. The standard InChI is InChI=1S/C20H25N3O4/c1-5-23(6-2)19(25)15-12-17(20(26)22(4)13-15)21-18(24)14-8-10-16(11-9-14)27-7-3/h8-13H,5-7H2,1-4H3,(H,21,24). The van der Waals surface area contributed by atoms with E-state index in [1.165, 1.54) is 16.8 Å². The fourth-order valence-corrected chi connectivity index (χ4v) is 2.68. The minimum atomic E-state index is -0.428. The van der Waals surface area contributed by atoms with Gasteiger partial charge in [0.1, 0.15) is 11.4 Å². The van der Waals surface area contributed by atoms with E-state index in [4.69, 9.17) is 4.74 Å². The van der Waals surface area contributed by atoms with E-state index in [1.807, 2.05) is 20.8 Å². The lowest BCUT2D eigenvalue weighted by molar-refractivity contribution is 0.0771. The van der Waals surface area contributed by atoms with Crippen molar-refractivity contribution in [2.75, 3.05) is 25.0 Å². The lowest BCUT2D eigenvalue weighted by Gasteiger charge is -2.19. The first kappa shape index (κ1) is 20.2. The Morgan fingerprint density at radius 2 is 1.70 bits per heavy atom. The highest BCUT2D eigenvalue weighted by Gasteiger charge is 2.17. The molecule has 1 N–H and O–H groups in total. The molecule has 7 nitrogen and oxygen atoms in total. The average molecular weight is 371 g/mol. The first-order valence-electron chi connectivity index (χ1n) is 8.95. The summed E-state index contributed by atoms with van der Waals surface area (Å²) in [6, 6.07) is 8.05. The summed E-state index contributed by atoms with van der Waals surface area (Å²) in [7, 11) is 1.55. The normalized spacial score (nSPS) is 10.4. The fraction of sp³-hybridized carbons (Fsp3) is 0.350. The summed E-state index contributed by atoms with van der Waals surface area (Å²) in [6.07, 6.45) is 1.48. The second-order valence-corrected chi connectivity index (χ2v) is 5.95. The molecule has 0 aliphatic rings. The van der Waals surface area contributed by atoms with Crippen LogP contribution < -0.4 is 15.6 Å². The van der Waals surface area contributed by atoms with Gasteiger partial charge in [0, 0.05) is 31.9 Å². The van der Waals surface area contributed by atoms with Crippen molar-refractivity contribution in [3.8, 4) is 5.75 Å². The minimum Gasteiger partial charge on any atom is -0.494 e. The highest BCUT2D eigenvalue weighted by Crippen LogP contribution is 2.14. The zero-order valence-electron chi connectivity index (χ0n) is 16.1. The Bertz CT molecular complexity index is 868. The predicted molar refractivity (Wildman–Crippen MR) is 104 cm³/mol. The first-order valence-corrected chi connectivity index (χ1v) is 8.95. The van der Waals surface area contributed by atoms with Crippen LogP contribution in [0.4, 0.5) is 5.69 Å². The minimum absolute atomic E-state index is 0.0643. The first-order chi connectivity index (χ1) is 12.9. The number of amides is 2. The monoisotopic (exact) mass is 371 g/mol. The van der Waals surface area contributed by atoms with Gasteiger partial charge in [0.25, 0.3) is 17.4 Å². The molecule has 0 aliphatic carbocycles. The Labute approximate surface area is 158 Å². The van der Waals surface area contributed by atoms with Crippen LogP contribution in [0, 0.1) is 0 Å². The van der Waals surface area contributed by atoms with E-state index in [0.717, 1.165) is 0 Å². The van der Waals surface area contributed by atoms with E-state index >= 15 is 0 Å². The quantitative estimate of drug-likeness (QED) is 0.811. The molecule has 0 fully saturated rings. The maximum absolute atomic E-state index is 12.6. The molecule has 27 heavy (non-hydrogen) atoms. The molecule has 144 valence electrons. The molecule has 0 saturated heterocycles. The van der Waals surface area contributed by atoms with Crippen molar-refractivity contribution in [3.63, 3.8) is 0 Å². The van der Waals surface area contributed by atoms with Gasteiger partial charge in [-0.15, -0.1) is 0 Å². The van der Waals surface area contributed by atoms with Crippen LogP contribution >= 0.6 is 0 Å². The summed E-state index contributed by atoms with van der Waals surface area (Å²) in [5, 5.41) is 2.61. The zero-order chi connectivity index (χ0) is 20.0. The van der Waals surface area contributed by atoms with Crippen molar-refractivity contribution in [2.24, 2.45) is 7.05 Å². The van der Waals surface area contributed by atoms with Crippen molar-refractivity contribution in [1.29, 1.82) is 0 Å². The number of aromatic nitrogens is 1. The van der Waals surface area contributed by atoms with Gasteiger partial charge in [-0.2, -0.15) is 0 Å². The van der Waals surface area contributed by atoms with Gasteiger partial charge in [-0.1, -0.05) is 0 Å². The summed E-state index contributed by atoms with van der Waals surface area (Å²) in [4.78, 5) is 39.1. The van der Waals surface area contributed by atoms with Crippen molar-refractivity contribution >= 4 is 17.5 Å². The number of nitrogens with one attached hydrogen (secondary N) is 1. The summed E-state index contributed by atoms with van der Waals surface area (Å²) in [6.45, 7) is 7.31. The van der Waals surface area contributed by atoms with Crippen LogP contribution in [-0.2, 0) is 7.05 Å². The SMILES string of the molecule is CCOc1ccc(C(=O)Nc2cc(C(=O)N(CC)CC)cn(C)c2=O)cc1. The van der Waals surface area contributed by atoms with E-state index in [1.54, 1.807) is 36.2 Å². The molecular weight excluding hydrogens is 346 g/mol. The number of hydrogen-bond donors (Lipinski definition) is 1. The zero-order valence-corrected chi connectivity index (χ0v) is 16.1. The van der Waals surface area contributed by atoms with Crippen molar-refractivity contribution in [2.45, 2.75) is 20.8 Å². The molecule has 7 heteroatoms.